The van der Waals surface area contributed by atoms with Crippen molar-refractivity contribution in [2.24, 2.45) is 0 Å². The van der Waals surface area contributed by atoms with Gasteiger partial charge in [0.2, 0.25) is 0 Å². The Hall–Kier alpha value is -1.62. The van der Waals surface area contributed by atoms with Crippen molar-refractivity contribution in [1.82, 2.24) is 9.88 Å². The molecule has 1 rings (SSSR count). The number of nitrogens with zero attached hydrogens (tertiary/aromatic N) is 2. The zero-order valence-corrected chi connectivity index (χ0v) is 10.5. The van der Waals surface area contributed by atoms with Gasteiger partial charge in [0.25, 0.3) is 0 Å². The maximum atomic E-state index is 11.1. The van der Waals surface area contributed by atoms with E-state index in [2.05, 4.69) is 15.2 Å². The molecule has 0 saturated carbocycles. The van der Waals surface area contributed by atoms with Crippen molar-refractivity contribution in [3.05, 3.63) is 23.4 Å². The Bertz CT molecular complexity index is 391. The average molecular weight is 237 g/mol. The summed E-state index contributed by atoms with van der Waals surface area (Å²) in [5, 5.41) is 12.2. The monoisotopic (exact) mass is 237 g/mol. The molecule has 5 nitrogen and oxygen atoms in total. The summed E-state index contributed by atoms with van der Waals surface area (Å²) in [5.41, 5.74) is 0.986. The second-order valence-corrected chi connectivity index (χ2v) is 4.24. The summed E-state index contributed by atoms with van der Waals surface area (Å²) in [6.07, 6.45) is 2.57. The lowest BCUT2D eigenvalue weighted by atomic mass is 10.1. The van der Waals surface area contributed by atoms with Crippen molar-refractivity contribution in [2.75, 3.05) is 32.5 Å². The Morgan fingerprint density at radius 3 is 2.82 bits per heavy atom. The number of aryl methyl sites for hydroxylation is 1. The number of hydrogen-bond acceptors (Lipinski definition) is 4. The molecule has 1 aromatic rings. The van der Waals surface area contributed by atoms with Crippen molar-refractivity contribution in [3.8, 4) is 0 Å². The molecule has 0 amide bonds. The van der Waals surface area contributed by atoms with Crippen LogP contribution in [-0.4, -0.2) is 48.1 Å². The van der Waals surface area contributed by atoms with Crippen LogP contribution in [-0.2, 0) is 0 Å². The molecule has 0 aliphatic rings. The van der Waals surface area contributed by atoms with Crippen LogP contribution in [0.15, 0.2) is 12.3 Å². The van der Waals surface area contributed by atoms with Crippen molar-refractivity contribution in [1.29, 1.82) is 0 Å². The molecule has 1 heterocycles. The van der Waals surface area contributed by atoms with Gasteiger partial charge in [-0.15, -0.1) is 0 Å². The van der Waals surface area contributed by atoms with Crippen LogP contribution in [0.3, 0.4) is 0 Å². The second-order valence-electron chi connectivity index (χ2n) is 4.24. The standard InChI is InChI=1S/C12H19N3O2/c1-9-5-7-14-11(10(9)12(16)17)13-6-4-8-15(2)3/h5,7H,4,6,8H2,1-3H3,(H,13,14)(H,16,17). The van der Waals surface area contributed by atoms with Crippen LogP contribution >= 0.6 is 0 Å². The van der Waals surface area contributed by atoms with Crippen molar-refractivity contribution in [3.63, 3.8) is 0 Å². The maximum Gasteiger partial charge on any atom is 0.339 e. The molecule has 0 radical (unpaired) electrons. The molecule has 1 aromatic heterocycles. The topological polar surface area (TPSA) is 65.5 Å². The van der Waals surface area contributed by atoms with E-state index in [-0.39, 0.29) is 5.56 Å². The van der Waals surface area contributed by atoms with E-state index in [1.54, 1.807) is 19.2 Å². The minimum atomic E-state index is -0.939. The van der Waals surface area contributed by atoms with E-state index in [0.717, 1.165) is 25.1 Å². The summed E-state index contributed by atoms with van der Waals surface area (Å²) >= 11 is 0. The zero-order valence-electron chi connectivity index (χ0n) is 10.5. The number of carboxylic acid groups (broad SMARTS) is 1. The molecule has 2 N–H and O–H groups in total. The highest BCUT2D eigenvalue weighted by atomic mass is 16.4. The van der Waals surface area contributed by atoms with Crippen LogP contribution in [0, 0.1) is 6.92 Å². The fourth-order valence-corrected chi connectivity index (χ4v) is 1.56. The van der Waals surface area contributed by atoms with Crippen LogP contribution in [0.5, 0.6) is 0 Å². The predicted octanol–water partition coefficient (Wildman–Crippen LogP) is 1.45. The van der Waals surface area contributed by atoms with E-state index in [1.165, 1.54) is 0 Å². The van der Waals surface area contributed by atoms with Gasteiger partial charge in [0.15, 0.2) is 0 Å². The summed E-state index contributed by atoms with van der Waals surface area (Å²) in [6, 6.07) is 1.70. The van der Waals surface area contributed by atoms with Gasteiger partial charge in [-0.25, -0.2) is 9.78 Å². The lowest BCUT2D eigenvalue weighted by molar-refractivity contribution is 0.0697. The number of anilines is 1. The molecule has 0 aromatic carbocycles. The summed E-state index contributed by atoms with van der Waals surface area (Å²) in [7, 11) is 4.02. The summed E-state index contributed by atoms with van der Waals surface area (Å²) in [5.74, 6) is -0.484. The van der Waals surface area contributed by atoms with Crippen molar-refractivity contribution in [2.45, 2.75) is 13.3 Å². The Morgan fingerprint density at radius 2 is 2.24 bits per heavy atom. The van der Waals surface area contributed by atoms with E-state index >= 15 is 0 Å². The summed E-state index contributed by atoms with van der Waals surface area (Å²) in [4.78, 5) is 17.3. The van der Waals surface area contributed by atoms with Gasteiger partial charge in [-0.1, -0.05) is 0 Å². The molecule has 0 spiro atoms. The van der Waals surface area contributed by atoms with E-state index < -0.39 is 5.97 Å². The number of rotatable bonds is 6. The van der Waals surface area contributed by atoms with E-state index in [4.69, 9.17) is 5.11 Å². The highest BCUT2D eigenvalue weighted by Gasteiger charge is 2.13. The largest absolute Gasteiger partial charge is 0.478 e. The molecule has 5 heteroatoms. The van der Waals surface area contributed by atoms with Crippen LogP contribution in [0.2, 0.25) is 0 Å². The first-order chi connectivity index (χ1) is 8.02. The lowest BCUT2D eigenvalue weighted by Crippen LogP contribution is -2.17. The molecule has 17 heavy (non-hydrogen) atoms. The molecule has 0 saturated heterocycles. The number of carboxylic acids is 1. The van der Waals surface area contributed by atoms with Gasteiger partial charge < -0.3 is 15.3 Å². The van der Waals surface area contributed by atoms with Gasteiger partial charge in [0.05, 0.1) is 0 Å². The Morgan fingerprint density at radius 1 is 1.53 bits per heavy atom. The highest BCUT2D eigenvalue weighted by molar-refractivity contribution is 5.94. The number of nitrogens with one attached hydrogen (secondary N) is 1. The first kappa shape index (κ1) is 13.4. The number of carbonyl (C=O) groups is 1. The molecule has 94 valence electrons. The Balaban J connectivity index is 2.64. The number of hydrogen-bond donors (Lipinski definition) is 2. The summed E-state index contributed by atoms with van der Waals surface area (Å²) < 4.78 is 0. The van der Waals surface area contributed by atoms with Crippen LogP contribution in [0.4, 0.5) is 5.82 Å². The van der Waals surface area contributed by atoms with Gasteiger partial charge in [0, 0.05) is 12.7 Å². The Kier molecular flexibility index (Phi) is 4.90. The Labute approximate surface area is 101 Å². The maximum absolute atomic E-state index is 11.1. The van der Waals surface area contributed by atoms with E-state index in [1.807, 2.05) is 14.1 Å². The number of aromatic nitrogens is 1. The van der Waals surface area contributed by atoms with Gasteiger partial charge in [-0.3, -0.25) is 0 Å². The quantitative estimate of drug-likeness (QED) is 0.733. The first-order valence-corrected chi connectivity index (χ1v) is 5.60. The lowest BCUT2D eigenvalue weighted by Gasteiger charge is -2.12. The number of pyridine rings is 1. The van der Waals surface area contributed by atoms with E-state index in [0.29, 0.717) is 5.82 Å². The van der Waals surface area contributed by atoms with Gasteiger partial charge in [0.1, 0.15) is 11.4 Å². The van der Waals surface area contributed by atoms with Crippen LogP contribution < -0.4 is 5.32 Å². The number of aromatic carboxylic acids is 1. The van der Waals surface area contributed by atoms with Crippen LogP contribution in [0.1, 0.15) is 22.3 Å². The van der Waals surface area contributed by atoms with E-state index in [9.17, 15) is 4.79 Å². The molecule has 0 aliphatic heterocycles. The SMILES string of the molecule is Cc1ccnc(NCCCN(C)C)c1C(=O)O. The molecule has 0 fully saturated rings. The van der Waals surface area contributed by atoms with Crippen molar-refractivity contribution < 1.29 is 9.90 Å². The average Bonchev–Trinajstić information content (AvgIpc) is 2.23. The third kappa shape index (κ3) is 4.03. The normalized spacial score (nSPS) is 10.6. The van der Waals surface area contributed by atoms with Crippen molar-refractivity contribution >= 4 is 11.8 Å². The third-order valence-corrected chi connectivity index (χ3v) is 2.45. The predicted molar refractivity (Wildman–Crippen MR) is 67.6 cm³/mol. The highest BCUT2D eigenvalue weighted by Crippen LogP contribution is 2.16. The minimum Gasteiger partial charge on any atom is -0.478 e. The zero-order chi connectivity index (χ0) is 12.8. The summed E-state index contributed by atoms with van der Waals surface area (Å²) in [6.45, 7) is 3.45. The van der Waals surface area contributed by atoms with Gasteiger partial charge in [-0.2, -0.15) is 0 Å². The molecule has 0 unspecified atom stereocenters. The van der Waals surface area contributed by atoms with Gasteiger partial charge >= 0.3 is 5.97 Å². The minimum absolute atomic E-state index is 0.261. The second kappa shape index (κ2) is 6.20. The smallest absolute Gasteiger partial charge is 0.339 e. The molecular formula is C12H19N3O2. The fourth-order valence-electron chi connectivity index (χ4n) is 1.56. The van der Waals surface area contributed by atoms with Gasteiger partial charge in [-0.05, 0) is 45.6 Å². The molecule has 0 bridgehead atoms. The fraction of sp³-hybridized carbons (Fsp3) is 0.500. The molecule has 0 aliphatic carbocycles. The van der Waals surface area contributed by atoms with Crippen LogP contribution in [0.25, 0.3) is 0 Å². The molecule has 0 atom stereocenters. The first-order valence-electron chi connectivity index (χ1n) is 5.60. The third-order valence-electron chi connectivity index (χ3n) is 2.45. The molecular weight excluding hydrogens is 218 g/mol.